The van der Waals surface area contributed by atoms with Gasteiger partial charge >= 0.3 is 0 Å². The normalized spacial score (nSPS) is 9.21. The fourth-order valence-corrected chi connectivity index (χ4v) is 1.30. The number of hydrogen-bond donors (Lipinski definition) is 0. The van der Waals surface area contributed by atoms with Gasteiger partial charge in [0.05, 0.1) is 11.5 Å². The van der Waals surface area contributed by atoms with Crippen molar-refractivity contribution >= 4 is 21.6 Å². The molecule has 0 aliphatic heterocycles. The van der Waals surface area contributed by atoms with Crippen LogP contribution in [0.25, 0.3) is 10.4 Å². The van der Waals surface area contributed by atoms with Gasteiger partial charge in [0.1, 0.15) is 0 Å². The molecule has 0 bridgehead atoms. The van der Waals surface area contributed by atoms with Crippen LogP contribution in [0.4, 0.5) is 5.69 Å². The first-order valence-electron chi connectivity index (χ1n) is 3.59. The molecule has 0 aliphatic rings. The van der Waals surface area contributed by atoms with Crippen LogP contribution in [-0.4, -0.2) is 4.92 Å². The van der Waals surface area contributed by atoms with E-state index in [-0.39, 0.29) is 12.2 Å². The minimum Gasteiger partial charge on any atom is -0.258 e. The second-order valence-electron chi connectivity index (χ2n) is 2.42. The van der Waals surface area contributed by atoms with Crippen molar-refractivity contribution < 1.29 is 4.92 Å². The second-order valence-corrected chi connectivity index (χ2v) is 3.33. The van der Waals surface area contributed by atoms with Crippen molar-refractivity contribution in [1.82, 2.24) is 0 Å². The number of nitrogens with zero attached hydrogens (tertiary/aromatic N) is 4. The van der Waals surface area contributed by atoms with Gasteiger partial charge in [-0.15, -0.1) is 0 Å². The maximum atomic E-state index is 10.6. The Morgan fingerprint density at radius 2 is 2.36 bits per heavy atom. The highest BCUT2D eigenvalue weighted by atomic mass is 79.9. The van der Waals surface area contributed by atoms with Crippen molar-refractivity contribution in [2.24, 2.45) is 5.11 Å². The highest BCUT2D eigenvalue weighted by molar-refractivity contribution is 9.10. The average Bonchev–Trinajstić information content (AvgIpc) is 2.15. The van der Waals surface area contributed by atoms with E-state index in [1.165, 1.54) is 6.07 Å². The smallest absolute Gasteiger partial charge is 0.258 e. The van der Waals surface area contributed by atoms with E-state index in [2.05, 4.69) is 26.0 Å². The molecule has 6 nitrogen and oxygen atoms in total. The van der Waals surface area contributed by atoms with Crippen LogP contribution in [0, 0.1) is 10.1 Å². The van der Waals surface area contributed by atoms with E-state index in [0.29, 0.717) is 10.0 Å². The quantitative estimate of drug-likeness (QED) is 0.273. The third-order valence-electron chi connectivity index (χ3n) is 1.55. The first-order chi connectivity index (χ1) is 6.65. The number of rotatable bonds is 3. The molecule has 0 saturated carbocycles. The van der Waals surface area contributed by atoms with Gasteiger partial charge in [-0.3, -0.25) is 10.1 Å². The fraction of sp³-hybridized carbons (Fsp3) is 0.143. The molecule has 0 spiro atoms. The highest BCUT2D eigenvalue weighted by Crippen LogP contribution is 2.23. The minimum absolute atomic E-state index is 0.0138. The van der Waals surface area contributed by atoms with E-state index in [1.54, 1.807) is 12.1 Å². The van der Waals surface area contributed by atoms with Crippen molar-refractivity contribution in [3.63, 3.8) is 0 Å². The Labute approximate surface area is 87.5 Å². The van der Waals surface area contributed by atoms with E-state index in [9.17, 15) is 10.1 Å². The van der Waals surface area contributed by atoms with E-state index >= 15 is 0 Å². The second kappa shape index (κ2) is 4.59. The molecule has 0 radical (unpaired) electrons. The monoisotopic (exact) mass is 256 g/mol. The Hall–Kier alpha value is -1.59. The molecular weight excluding hydrogens is 252 g/mol. The van der Waals surface area contributed by atoms with Crippen molar-refractivity contribution in [2.75, 3.05) is 0 Å². The molecule has 72 valence electrons. The Morgan fingerprint density at radius 1 is 1.64 bits per heavy atom. The summed E-state index contributed by atoms with van der Waals surface area (Å²) in [7, 11) is 0. The van der Waals surface area contributed by atoms with Gasteiger partial charge in [-0.1, -0.05) is 27.1 Å². The van der Waals surface area contributed by atoms with Gasteiger partial charge in [0, 0.05) is 21.0 Å². The summed E-state index contributed by atoms with van der Waals surface area (Å²) in [6, 6.07) is 4.59. The van der Waals surface area contributed by atoms with Crippen LogP contribution < -0.4 is 0 Å². The Bertz CT molecular complexity index is 414. The van der Waals surface area contributed by atoms with Crippen molar-refractivity contribution in [3.8, 4) is 0 Å². The molecule has 1 aromatic carbocycles. The van der Waals surface area contributed by atoms with Crippen LogP contribution in [0.5, 0.6) is 0 Å². The molecule has 0 atom stereocenters. The van der Waals surface area contributed by atoms with Crippen molar-refractivity contribution in [3.05, 3.63) is 48.8 Å². The molecule has 0 aromatic heterocycles. The number of nitro groups is 1. The number of hydrogen-bond acceptors (Lipinski definition) is 3. The molecule has 0 fully saturated rings. The zero-order valence-electron chi connectivity index (χ0n) is 6.92. The summed E-state index contributed by atoms with van der Waals surface area (Å²) in [6.45, 7) is -0.0138. The maximum absolute atomic E-state index is 10.6. The molecule has 0 aliphatic carbocycles. The van der Waals surface area contributed by atoms with E-state index in [1.807, 2.05) is 0 Å². The standard InChI is InChI=1S/C7H5BrN4O2/c8-6-2-1-5(4-10-11-9)7(3-6)12(13)14/h1-3H,4H2. The Kier molecular flexibility index (Phi) is 3.44. The Balaban J connectivity index is 3.14. The first kappa shape index (κ1) is 10.5. The predicted molar refractivity (Wildman–Crippen MR) is 53.6 cm³/mol. The molecule has 7 heteroatoms. The molecule has 0 saturated heterocycles. The highest BCUT2D eigenvalue weighted by Gasteiger charge is 2.12. The SMILES string of the molecule is [N-]=[N+]=NCc1ccc(Br)cc1[N+](=O)[O-]. The zero-order valence-corrected chi connectivity index (χ0v) is 8.51. The number of halogens is 1. The lowest BCUT2D eigenvalue weighted by atomic mass is 10.2. The van der Waals surface area contributed by atoms with Crippen LogP contribution >= 0.6 is 15.9 Å². The summed E-state index contributed by atoms with van der Waals surface area (Å²) < 4.78 is 0.619. The molecule has 0 unspecified atom stereocenters. The summed E-state index contributed by atoms with van der Waals surface area (Å²) in [4.78, 5) is 12.6. The first-order valence-corrected chi connectivity index (χ1v) is 4.38. The predicted octanol–water partition coefficient (Wildman–Crippen LogP) is 3.17. The van der Waals surface area contributed by atoms with Crippen LogP contribution in [0.2, 0.25) is 0 Å². The molecule has 1 aromatic rings. The van der Waals surface area contributed by atoms with Gasteiger partial charge in [0.25, 0.3) is 5.69 Å². The van der Waals surface area contributed by atoms with E-state index in [0.717, 1.165) is 0 Å². The maximum Gasteiger partial charge on any atom is 0.273 e. The van der Waals surface area contributed by atoms with Crippen molar-refractivity contribution in [2.45, 2.75) is 6.54 Å². The topological polar surface area (TPSA) is 91.9 Å². The third kappa shape index (κ3) is 2.45. The molecule has 14 heavy (non-hydrogen) atoms. The zero-order chi connectivity index (χ0) is 10.6. The molecule has 0 N–H and O–H groups in total. The van der Waals surface area contributed by atoms with Gasteiger partial charge in [-0.05, 0) is 11.6 Å². The van der Waals surface area contributed by atoms with Crippen LogP contribution in [0.1, 0.15) is 5.56 Å². The number of nitro benzene ring substituents is 1. The number of azide groups is 1. The summed E-state index contributed by atoms with van der Waals surface area (Å²) >= 11 is 3.12. The molecule has 1 rings (SSSR count). The number of benzene rings is 1. The lowest BCUT2D eigenvalue weighted by molar-refractivity contribution is -0.385. The molecular formula is C7H5BrN4O2. The largest absolute Gasteiger partial charge is 0.273 e. The van der Waals surface area contributed by atoms with Crippen LogP contribution in [-0.2, 0) is 6.54 Å². The summed E-state index contributed by atoms with van der Waals surface area (Å²) in [5.74, 6) is 0. The lowest BCUT2D eigenvalue weighted by Gasteiger charge is -1.98. The lowest BCUT2D eigenvalue weighted by Crippen LogP contribution is -1.94. The minimum atomic E-state index is -0.507. The summed E-state index contributed by atoms with van der Waals surface area (Å²) in [5, 5.41) is 13.9. The van der Waals surface area contributed by atoms with Crippen LogP contribution in [0.3, 0.4) is 0 Å². The third-order valence-corrected chi connectivity index (χ3v) is 2.04. The van der Waals surface area contributed by atoms with Crippen LogP contribution in [0.15, 0.2) is 27.8 Å². The summed E-state index contributed by atoms with van der Waals surface area (Å²) in [6.07, 6.45) is 0. The Morgan fingerprint density at radius 3 is 2.93 bits per heavy atom. The molecule has 0 amide bonds. The van der Waals surface area contributed by atoms with Gasteiger partial charge in [0.15, 0.2) is 0 Å². The fourth-order valence-electron chi connectivity index (χ4n) is 0.948. The van der Waals surface area contributed by atoms with Gasteiger partial charge < -0.3 is 0 Å². The van der Waals surface area contributed by atoms with E-state index < -0.39 is 4.92 Å². The van der Waals surface area contributed by atoms with Gasteiger partial charge in [-0.25, -0.2) is 0 Å². The van der Waals surface area contributed by atoms with Gasteiger partial charge in [-0.2, -0.15) is 0 Å². The van der Waals surface area contributed by atoms with Crippen molar-refractivity contribution in [1.29, 1.82) is 0 Å². The average molecular weight is 257 g/mol. The van der Waals surface area contributed by atoms with Gasteiger partial charge in [0.2, 0.25) is 0 Å². The summed E-state index contributed by atoms with van der Waals surface area (Å²) in [5.41, 5.74) is 8.44. The van der Waals surface area contributed by atoms with E-state index in [4.69, 9.17) is 5.53 Å². The molecule has 0 heterocycles.